The predicted molar refractivity (Wildman–Crippen MR) is 91.0 cm³/mol. The lowest BCUT2D eigenvalue weighted by Crippen LogP contribution is -2.22. The summed E-state index contributed by atoms with van der Waals surface area (Å²) in [4.78, 5) is 12.1. The van der Waals surface area contributed by atoms with E-state index in [1.807, 2.05) is 50.2 Å². The molecule has 4 nitrogen and oxygen atoms in total. The SMILES string of the molecule is COc1ccc(C)cc1NC(=O)CNc1ccc(C)cc1Cl. The van der Waals surface area contributed by atoms with Gasteiger partial charge >= 0.3 is 0 Å². The second-order valence-electron chi connectivity index (χ2n) is 5.09. The van der Waals surface area contributed by atoms with Gasteiger partial charge in [-0.2, -0.15) is 0 Å². The maximum Gasteiger partial charge on any atom is 0.243 e. The van der Waals surface area contributed by atoms with Crippen molar-refractivity contribution >= 4 is 28.9 Å². The number of hydrogen-bond acceptors (Lipinski definition) is 3. The molecule has 2 aromatic carbocycles. The lowest BCUT2D eigenvalue weighted by molar-refractivity contribution is -0.114. The third-order valence-corrected chi connectivity index (χ3v) is 3.51. The molecule has 0 aliphatic heterocycles. The van der Waals surface area contributed by atoms with Gasteiger partial charge in [0, 0.05) is 0 Å². The van der Waals surface area contributed by atoms with E-state index in [1.54, 1.807) is 7.11 Å². The molecule has 116 valence electrons. The molecule has 0 fully saturated rings. The van der Waals surface area contributed by atoms with Crippen molar-refractivity contribution in [2.24, 2.45) is 0 Å². The smallest absolute Gasteiger partial charge is 0.243 e. The molecular formula is C17H19ClN2O2. The molecule has 0 spiro atoms. The Morgan fingerprint density at radius 3 is 2.45 bits per heavy atom. The van der Waals surface area contributed by atoms with Crippen molar-refractivity contribution in [2.75, 3.05) is 24.3 Å². The zero-order valence-corrected chi connectivity index (χ0v) is 13.6. The van der Waals surface area contributed by atoms with Crippen LogP contribution in [0.1, 0.15) is 11.1 Å². The van der Waals surface area contributed by atoms with Crippen LogP contribution in [0.25, 0.3) is 0 Å². The van der Waals surface area contributed by atoms with E-state index in [2.05, 4.69) is 10.6 Å². The average molecular weight is 319 g/mol. The van der Waals surface area contributed by atoms with E-state index < -0.39 is 0 Å². The van der Waals surface area contributed by atoms with E-state index >= 15 is 0 Å². The van der Waals surface area contributed by atoms with Gasteiger partial charge in [-0.3, -0.25) is 4.79 Å². The molecule has 0 atom stereocenters. The molecule has 0 heterocycles. The quantitative estimate of drug-likeness (QED) is 0.875. The van der Waals surface area contributed by atoms with Crippen molar-refractivity contribution in [3.63, 3.8) is 0 Å². The zero-order chi connectivity index (χ0) is 16.1. The highest BCUT2D eigenvalue weighted by Gasteiger charge is 2.08. The van der Waals surface area contributed by atoms with Crippen molar-refractivity contribution in [3.8, 4) is 5.75 Å². The maximum atomic E-state index is 12.1. The number of benzene rings is 2. The number of methoxy groups -OCH3 is 1. The number of ether oxygens (including phenoxy) is 1. The predicted octanol–water partition coefficient (Wildman–Crippen LogP) is 4.02. The highest BCUT2D eigenvalue weighted by Crippen LogP contribution is 2.25. The summed E-state index contributed by atoms with van der Waals surface area (Å²) < 4.78 is 5.24. The summed E-state index contributed by atoms with van der Waals surface area (Å²) in [5.74, 6) is 0.466. The normalized spacial score (nSPS) is 10.2. The monoisotopic (exact) mass is 318 g/mol. The van der Waals surface area contributed by atoms with E-state index in [1.165, 1.54) is 0 Å². The van der Waals surface area contributed by atoms with Crippen molar-refractivity contribution in [1.29, 1.82) is 0 Å². The Hall–Kier alpha value is -2.20. The van der Waals surface area contributed by atoms with Crippen LogP contribution in [0.2, 0.25) is 5.02 Å². The first kappa shape index (κ1) is 16.2. The van der Waals surface area contributed by atoms with Gasteiger partial charge in [0.1, 0.15) is 5.75 Å². The Kier molecular flexibility index (Phi) is 5.28. The molecule has 0 saturated heterocycles. The Bertz CT molecular complexity index is 686. The highest BCUT2D eigenvalue weighted by atomic mass is 35.5. The first-order chi connectivity index (χ1) is 10.5. The highest BCUT2D eigenvalue weighted by molar-refractivity contribution is 6.33. The Balaban J connectivity index is 2.00. The summed E-state index contributed by atoms with van der Waals surface area (Å²) >= 11 is 6.13. The number of carbonyl (C=O) groups is 1. The minimum atomic E-state index is -0.166. The number of amides is 1. The molecule has 0 aliphatic carbocycles. The number of hydrogen-bond donors (Lipinski definition) is 2. The molecule has 5 heteroatoms. The van der Waals surface area contributed by atoms with Gasteiger partial charge in [0.25, 0.3) is 0 Å². The Morgan fingerprint density at radius 2 is 1.77 bits per heavy atom. The molecule has 0 aliphatic rings. The van der Waals surface area contributed by atoms with Crippen LogP contribution in [0.3, 0.4) is 0 Å². The van der Waals surface area contributed by atoms with Gasteiger partial charge in [0.15, 0.2) is 0 Å². The van der Waals surface area contributed by atoms with E-state index in [4.69, 9.17) is 16.3 Å². The molecular weight excluding hydrogens is 300 g/mol. The van der Waals surface area contributed by atoms with Gasteiger partial charge < -0.3 is 15.4 Å². The molecule has 0 aromatic heterocycles. The lowest BCUT2D eigenvalue weighted by atomic mass is 10.2. The van der Waals surface area contributed by atoms with Crippen LogP contribution < -0.4 is 15.4 Å². The van der Waals surface area contributed by atoms with Gasteiger partial charge in [-0.1, -0.05) is 23.7 Å². The number of aryl methyl sites for hydroxylation is 2. The van der Waals surface area contributed by atoms with Crippen LogP contribution in [-0.2, 0) is 4.79 Å². The molecule has 0 bridgehead atoms. The van der Waals surface area contributed by atoms with Gasteiger partial charge in [-0.15, -0.1) is 0 Å². The summed E-state index contributed by atoms with van der Waals surface area (Å²) in [7, 11) is 1.57. The Morgan fingerprint density at radius 1 is 1.09 bits per heavy atom. The van der Waals surface area contributed by atoms with E-state index in [9.17, 15) is 4.79 Å². The van der Waals surface area contributed by atoms with Crippen LogP contribution in [-0.4, -0.2) is 19.6 Å². The van der Waals surface area contributed by atoms with Crippen LogP contribution in [0, 0.1) is 13.8 Å². The second kappa shape index (κ2) is 7.18. The third-order valence-electron chi connectivity index (χ3n) is 3.19. The molecule has 2 N–H and O–H groups in total. The number of anilines is 2. The summed E-state index contributed by atoms with van der Waals surface area (Å²) in [6, 6.07) is 11.3. The fraction of sp³-hybridized carbons (Fsp3) is 0.235. The summed E-state index contributed by atoms with van der Waals surface area (Å²) in [6.07, 6.45) is 0. The van der Waals surface area contributed by atoms with Gasteiger partial charge in [0.05, 0.1) is 30.1 Å². The topological polar surface area (TPSA) is 50.4 Å². The summed E-state index contributed by atoms with van der Waals surface area (Å²) in [6.45, 7) is 4.05. The van der Waals surface area contributed by atoms with Crippen molar-refractivity contribution < 1.29 is 9.53 Å². The van der Waals surface area contributed by atoms with Crippen molar-refractivity contribution in [3.05, 3.63) is 52.5 Å². The average Bonchev–Trinajstić information content (AvgIpc) is 2.46. The fourth-order valence-electron chi connectivity index (χ4n) is 2.05. The van der Waals surface area contributed by atoms with Crippen LogP contribution in [0.5, 0.6) is 5.75 Å². The number of rotatable bonds is 5. The zero-order valence-electron chi connectivity index (χ0n) is 12.9. The summed E-state index contributed by atoms with van der Waals surface area (Å²) in [5, 5.41) is 6.46. The van der Waals surface area contributed by atoms with Crippen molar-refractivity contribution in [2.45, 2.75) is 13.8 Å². The molecule has 2 aromatic rings. The van der Waals surface area contributed by atoms with Crippen LogP contribution >= 0.6 is 11.6 Å². The fourth-order valence-corrected chi connectivity index (χ4v) is 2.35. The molecule has 2 rings (SSSR count). The second-order valence-corrected chi connectivity index (χ2v) is 5.50. The number of halogens is 1. The van der Waals surface area contributed by atoms with Crippen molar-refractivity contribution in [1.82, 2.24) is 0 Å². The van der Waals surface area contributed by atoms with Gasteiger partial charge in [-0.05, 0) is 49.2 Å². The Labute approximate surface area is 135 Å². The largest absolute Gasteiger partial charge is 0.495 e. The standard InChI is InChI=1S/C17H19ClN2O2/c1-11-4-6-14(13(18)8-11)19-10-17(21)20-15-9-12(2)5-7-16(15)22-3/h4-9,19H,10H2,1-3H3,(H,20,21). The minimum Gasteiger partial charge on any atom is -0.495 e. The first-order valence-electron chi connectivity index (χ1n) is 6.94. The minimum absolute atomic E-state index is 0.125. The number of carbonyl (C=O) groups excluding carboxylic acids is 1. The number of nitrogens with one attached hydrogen (secondary N) is 2. The van der Waals surface area contributed by atoms with E-state index in [0.29, 0.717) is 16.5 Å². The van der Waals surface area contributed by atoms with E-state index in [-0.39, 0.29) is 12.5 Å². The third kappa shape index (κ3) is 4.15. The maximum absolute atomic E-state index is 12.1. The van der Waals surface area contributed by atoms with Gasteiger partial charge in [-0.25, -0.2) is 0 Å². The van der Waals surface area contributed by atoms with Crippen LogP contribution in [0.4, 0.5) is 11.4 Å². The van der Waals surface area contributed by atoms with Crippen LogP contribution in [0.15, 0.2) is 36.4 Å². The molecule has 22 heavy (non-hydrogen) atoms. The molecule has 0 unspecified atom stereocenters. The molecule has 1 amide bonds. The molecule has 0 saturated carbocycles. The molecule has 0 radical (unpaired) electrons. The lowest BCUT2D eigenvalue weighted by Gasteiger charge is -2.12. The summed E-state index contributed by atoms with van der Waals surface area (Å²) in [5.41, 5.74) is 3.51. The first-order valence-corrected chi connectivity index (χ1v) is 7.32. The van der Waals surface area contributed by atoms with Gasteiger partial charge in [0.2, 0.25) is 5.91 Å². The van der Waals surface area contributed by atoms with E-state index in [0.717, 1.165) is 16.8 Å².